The molecule has 7 nitrogen and oxygen atoms in total. The van der Waals surface area contributed by atoms with Gasteiger partial charge in [-0.2, -0.15) is 0 Å². The van der Waals surface area contributed by atoms with Crippen LogP contribution in [0.2, 0.25) is 5.02 Å². The van der Waals surface area contributed by atoms with E-state index in [-0.39, 0.29) is 6.04 Å². The SMILES string of the molecule is CN1CC[NH+]([C@H]2c3cc(Cl)ccc3Sc3ccccc3[C@H]2O)CC1.O=C([O-])/C=C\C(=O)[O-]. The molecule has 2 N–H and O–H groups in total. The Kier molecular flexibility index (Phi) is 8.33. The number of rotatable bonds is 3. The summed E-state index contributed by atoms with van der Waals surface area (Å²) in [5.41, 5.74) is 2.21. The van der Waals surface area contributed by atoms with Crippen LogP contribution < -0.4 is 15.1 Å². The fourth-order valence-electron chi connectivity index (χ4n) is 3.94. The normalized spacial score (nSPS) is 21.1. The van der Waals surface area contributed by atoms with Gasteiger partial charge < -0.3 is 29.8 Å². The smallest absolute Gasteiger partial charge is 0.145 e. The molecule has 2 atom stereocenters. The van der Waals surface area contributed by atoms with Crippen molar-refractivity contribution in [3.05, 3.63) is 70.8 Å². The van der Waals surface area contributed by atoms with E-state index < -0.39 is 18.0 Å². The first-order valence-electron chi connectivity index (χ1n) is 10.1. The quantitative estimate of drug-likeness (QED) is 0.573. The number of carbonyl (C=O) groups excluding carboxylic acids is 2. The molecule has 0 aliphatic carbocycles. The molecule has 0 bridgehead atoms. The van der Waals surface area contributed by atoms with Crippen LogP contribution in [0.15, 0.2) is 64.4 Å². The summed E-state index contributed by atoms with van der Waals surface area (Å²) in [5.74, 6) is -3.09. The standard InChI is InChI=1S/C19H21ClN2OS.C4H4O4/c1-21-8-10-22(11-9-21)18-15-12-13(20)6-7-17(15)24-16-5-3-2-4-14(16)19(18)23;5-3(6)1-2-4(7)8/h2-7,12,18-19,23H,8-11H2,1H3;1-2H,(H,5,6)(H,7,8)/p-1/b;2-1-/t18-,19+;/m0./s1. The largest absolute Gasteiger partial charge is 0.545 e. The molecule has 4 rings (SSSR count). The summed E-state index contributed by atoms with van der Waals surface area (Å²) in [5, 5.41) is 30.8. The van der Waals surface area contributed by atoms with Crippen molar-refractivity contribution in [2.75, 3.05) is 33.2 Å². The lowest BCUT2D eigenvalue weighted by atomic mass is 9.94. The predicted molar refractivity (Wildman–Crippen MR) is 117 cm³/mol. The first-order chi connectivity index (χ1) is 15.3. The Morgan fingerprint density at radius 3 is 2.28 bits per heavy atom. The highest BCUT2D eigenvalue weighted by Gasteiger charge is 2.39. The highest BCUT2D eigenvalue weighted by molar-refractivity contribution is 7.99. The number of benzene rings is 2. The Labute approximate surface area is 195 Å². The van der Waals surface area contributed by atoms with E-state index in [1.807, 2.05) is 18.2 Å². The molecule has 2 aromatic rings. The molecule has 0 saturated carbocycles. The fraction of sp³-hybridized carbons (Fsp3) is 0.304. The van der Waals surface area contributed by atoms with Gasteiger partial charge in [-0.25, -0.2) is 0 Å². The fourth-order valence-corrected chi connectivity index (χ4v) is 5.25. The molecule has 0 spiro atoms. The van der Waals surface area contributed by atoms with Crippen LogP contribution >= 0.6 is 23.4 Å². The van der Waals surface area contributed by atoms with E-state index >= 15 is 0 Å². The minimum atomic E-state index is -1.55. The van der Waals surface area contributed by atoms with Crippen molar-refractivity contribution in [3.8, 4) is 0 Å². The van der Waals surface area contributed by atoms with Crippen LogP contribution in [0.1, 0.15) is 23.3 Å². The third kappa shape index (κ3) is 6.11. The van der Waals surface area contributed by atoms with E-state index in [0.29, 0.717) is 12.2 Å². The van der Waals surface area contributed by atoms with Crippen molar-refractivity contribution in [3.63, 3.8) is 0 Å². The third-order valence-electron chi connectivity index (χ3n) is 5.50. The molecule has 2 aliphatic heterocycles. The number of hydrogen-bond donors (Lipinski definition) is 2. The number of piperazine rings is 1. The molecule has 9 heteroatoms. The van der Waals surface area contributed by atoms with Crippen molar-refractivity contribution < 1.29 is 29.8 Å². The first-order valence-corrected chi connectivity index (χ1v) is 11.3. The molecule has 0 radical (unpaired) electrons. The average Bonchev–Trinajstić information content (AvgIpc) is 2.87. The van der Waals surface area contributed by atoms with Gasteiger partial charge >= 0.3 is 0 Å². The Morgan fingerprint density at radius 1 is 1.06 bits per heavy atom. The number of carboxylic acids is 2. The lowest BCUT2D eigenvalue weighted by Crippen LogP contribution is -3.15. The van der Waals surface area contributed by atoms with Crippen molar-refractivity contribution in [1.82, 2.24) is 4.90 Å². The number of carbonyl (C=O) groups is 2. The molecule has 1 fully saturated rings. The number of aliphatic hydroxyl groups is 1. The summed E-state index contributed by atoms with van der Waals surface area (Å²) in [4.78, 5) is 25.0. The Morgan fingerprint density at radius 2 is 1.66 bits per heavy atom. The van der Waals surface area contributed by atoms with E-state index in [1.165, 1.54) is 15.4 Å². The number of nitrogens with zero attached hydrogens (tertiary/aromatic N) is 1. The third-order valence-corrected chi connectivity index (χ3v) is 6.92. The molecule has 32 heavy (non-hydrogen) atoms. The summed E-state index contributed by atoms with van der Waals surface area (Å²) < 4.78 is 0. The number of nitrogens with one attached hydrogen (secondary N) is 1. The van der Waals surface area contributed by atoms with Crippen molar-refractivity contribution in [1.29, 1.82) is 0 Å². The van der Waals surface area contributed by atoms with Crippen molar-refractivity contribution in [2.45, 2.75) is 21.9 Å². The van der Waals surface area contributed by atoms with Crippen LogP contribution in [-0.4, -0.2) is 55.2 Å². The second kappa shape index (κ2) is 11.0. The molecule has 0 aromatic heterocycles. The lowest BCUT2D eigenvalue weighted by molar-refractivity contribution is -0.940. The maximum Gasteiger partial charge on any atom is 0.145 e. The van der Waals surface area contributed by atoms with E-state index in [9.17, 15) is 24.9 Å². The molecular weight excluding hydrogens is 452 g/mol. The number of carboxylic acid groups (broad SMARTS) is 2. The summed E-state index contributed by atoms with van der Waals surface area (Å²) in [6, 6.07) is 14.3. The molecule has 170 valence electrons. The lowest BCUT2D eigenvalue weighted by Gasteiger charge is -2.37. The van der Waals surface area contributed by atoms with Crippen LogP contribution in [-0.2, 0) is 9.59 Å². The summed E-state index contributed by atoms with van der Waals surface area (Å²) in [6.45, 7) is 4.19. The molecule has 0 amide bonds. The van der Waals surface area contributed by atoms with Gasteiger partial charge in [0.2, 0.25) is 0 Å². The van der Waals surface area contributed by atoms with Gasteiger partial charge in [-0.1, -0.05) is 41.6 Å². The van der Waals surface area contributed by atoms with E-state index in [1.54, 1.807) is 11.8 Å². The number of quaternary nitrogens is 1. The second-order valence-electron chi connectivity index (χ2n) is 7.68. The van der Waals surface area contributed by atoms with E-state index in [2.05, 4.69) is 36.2 Å². The number of halogens is 1. The zero-order chi connectivity index (χ0) is 23.3. The van der Waals surface area contributed by atoms with Crippen molar-refractivity contribution in [2.24, 2.45) is 0 Å². The number of aliphatic carboxylic acids is 2. The van der Waals surface area contributed by atoms with Crippen molar-refractivity contribution >= 4 is 35.3 Å². The van der Waals surface area contributed by atoms with Crippen LogP contribution in [0, 0.1) is 0 Å². The minimum absolute atomic E-state index is 0.0311. The topological polar surface area (TPSA) is 108 Å². The number of hydrogen-bond acceptors (Lipinski definition) is 7. The number of likely N-dealkylation sites (N-methyl/N-ethyl adjacent to an activating group) is 1. The van der Waals surface area contributed by atoms with Gasteiger partial charge in [0.05, 0.1) is 25.0 Å². The molecule has 2 heterocycles. The van der Waals surface area contributed by atoms with E-state index in [4.69, 9.17) is 11.6 Å². The Balaban J connectivity index is 0.000000312. The molecular formula is C23H24ClN2O5S-. The minimum Gasteiger partial charge on any atom is -0.545 e. The maximum atomic E-state index is 11.3. The Bertz CT molecular complexity index is 992. The zero-order valence-corrected chi connectivity index (χ0v) is 19.1. The maximum absolute atomic E-state index is 11.3. The van der Waals surface area contributed by atoms with Gasteiger partial charge in [0.25, 0.3) is 0 Å². The van der Waals surface area contributed by atoms with Gasteiger partial charge in [-0.3, -0.25) is 4.90 Å². The number of fused-ring (bicyclic) bond motifs is 2. The summed E-state index contributed by atoms with van der Waals surface area (Å²) in [7, 11) is 2.16. The van der Waals surface area contributed by atoms with Gasteiger partial charge in [0, 0.05) is 39.0 Å². The van der Waals surface area contributed by atoms with Gasteiger partial charge in [0.15, 0.2) is 0 Å². The average molecular weight is 476 g/mol. The molecule has 1 saturated heterocycles. The highest BCUT2D eigenvalue weighted by atomic mass is 35.5. The molecule has 2 aromatic carbocycles. The highest BCUT2D eigenvalue weighted by Crippen LogP contribution is 2.45. The second-order valence-corrected chi connectivity index (χ2v) is 9.20. The van der Waals surface area contributed by atoms with Gasteiger partial charge in [-0.05, 0) is 43.5 Å². The zero-order valence-electron chi connectivity index (χ0n) is 17.5. The van der Waals surface area contributed by atoms with Crippen LogP contribution in [0.3, 0.4) is 0 Å². The Hall–Kier alpha value is -2.36. The predicted octanol–water partition coefficient (Wildman–Crippen LogP) is -0.548. The first kappa shape index (κ1) is 24.3. The summed E-state index contributed by atoms with van der Waals surface area (Å²) in [6.07, 6.45) is 0.261. The monoisotopic (exact) mass is 475 g/mol. The van der Waals surface area contributed by atoms with E-state index in [0.717, 1.165) is 41.7 Å². The van der Waals surface area contributed by atoms with Crippen LogP contribution in [0.5, 0.6) is 0 Å². The number of aliphatic hydroxyl groups excluding tert-OH is 1. The molecule has 0 unspecified atom stereocenters. The van der Waals surface area contributed by atoms with Gasteiger partial charge in [-0.15, -0.1) is 0 Å². The van der Waals surface area contributed by atoms with Gasteiger partial charge in [0.1, 0.15) is 12.1 Å². The van der Waals surface area contributed by atoms with Crippen LogP contribution in [0.25, 0.3) is 0 Å². The van der Waals surface area contributed by atoms with Crippen LogP contribution in [0.4, 0.5) is 0 Å². The summed E-state index contributed by atoms with van der Waals surface area (Å²) >= 11 is 8.05. The molecule has 2 aliphatic rings.